The van der Waals surface area contributed by atoms with Crippen molar-refractivity contribution in [3.05, 3.63) is 53.6 Å². The molecule has 4 nitrogen and oxygen atoms in total. The smallest absolute Gasteiger partial charge is 0.169 e. The summed E-state index contributed by atoms with van der Waals surface area (Å²) in [6, 6.07) is 13.6. The van der Waals surface area contributed by atoms with E-state index in [4.69, 9.17) is 14.6 Å². The summed E-state index contributed by atoms with van der Waals surface area (Å²) in [5.41, 5.74) is 1.94. The van der Waals surface area contributed by atoms with Crippen molar-refractivity contribution in [2.45, 2.75) is 19.6 Å². The lowest BCUT2D eigenvalue weighted by Gasteiger charge is -2.14. The first-order valence-corrected chi connectivity index (χ1v) is 6.90. The molecule has 0 bridgehead atoms. The van der Waals surface area contributed by atoms with Crippen molar-refractivity contribution in [2.75, 3.05) is 14.2 Å². The first kappa shape index (κ1) is 15.4. The molecule has 0 radical (unpaired) electrons. The van der Waals surface area contributed by atoms with Gasteiger partial charge >= 0.3 is 0 Å². The van der Waals surface area contributed by atoms with E-state index in [1.54, 1.807) is 19.2 Å². The van der Waals surface area contributed by atoms with E-state index in [2.05, 4.69) is 18.3 Å². The Kier molecular flexibility index (Phi) is 5.20. The lowest BCUT2D eigenvalue weighted by Crippen LogP contribution is -2.12. The third-order valence-electron chi connectivity index (χ3n) is 3.43. The number of nitrogens with one attached hydrogen (secondary N) is 1. The molecule has 2 aromatic carbocycles. The van der Waals surface area contributed by atoms with Crippen LogP contribution in [0.2, 0.25) is 0 Å². The fourth-order valence-corrected chi connectivity index (χ4v) is 2.04. The largest absolute Gasteiger partial charge is 0.493 e. The number of hydrogen-bond donors (Lipinski definition) is 2. The van der Waals surface area contributed by atoms with E-state index in [1.165, 1.54) is 0 Å². The first-order valence-electron chi connectivity index (χ1n) is 6.90. The Balaban J connectivity index is 2.25. The van der Waals surface area contributed by atoms with Crippen molar-refractivity contribution in [1.82, 2.24) is 5.32 Å². The van der Waals surface area contributed by atoms with E-state index < -0.39 is 0 Å². The van der Waals surface area contributed by atoms with Crippen molar-refractivity contribution in [1.29, 1.82) is 0 Å². The fourth-order valence-electron chi connectivity index (χ4n) is 2.04. The minimum atomic E-state index is -0.0220. The summed E-state index contributed by atoms with van der Waals surface area (Å²) in [7, 11) is 3.51. The predicted octanol–water partition coefficient (Wildman–Crippen LogP) is 3.26. The van der Waals surface area contributed by atoms with Crippen LogP contribution in [0, 0.1) is 0 Å². The van der Waals surface area contributed by atoms with E-state index in [-0.39, 0.29) is 12.6 Å². The second-order valence-electron chi connectivity index (χ2n) is 4.83. The quantitative estimate of drug-likeness (QED) is 0.856. The number of methoxy groups -OCH3 is 1. The zero-order chi connectivity index (χ0) is 15.2. The van der Waals surface area contributed by atoms with Crippen LogP contribution >= 0.6 is 0 Å². The van der Waals surface area contributed by atoms with Gasteiger partial charge in [0, 0.05) is 6.04 Å². The molecule has 0 aromatic heterocycles. The summed E-state index contributed by atoms with van der Waals surface area (Å²) in [5, 5.41) is 12.4. The van der Waals surface area contributed by atoms with Gasteiger partial charge < -0.3 is 19.9 Å². The van der Waals surface area contributed by atoms with Gasteiger partial charge in [0.15, 0.2) is 11.5 Å². The van der Waals surface area contributed by atoms with Gasteiger partial charge in [0.25, 0.3) is 0 Å². The summed E-state index contributed by atoms with van der Waals surface area (Å²) < 4.78 is 11.2. The molecular formula is C17H21NO3. The van der Waals surface area contributed by atoms with Crippen molar-refractivity contribution in [2.24, 2.45) is 0 Å². The van der Waals surface area contributed by atoms with Crippen molar-refractivity contribution < 1.29 is 14.6 Å². The zero-order valence-corrected chi connectivity index (χ0v) is 12.6. The van der Waals surface area contributed by atoms with Crippen LogP contribution < -0.4 is 14.8 Å². The monoisotopic (exact) mass is 287 g/mol. The van der Waals surface area contributed by atoms with Crippen LogP contribution in [0.1, 0.15) is 24.1 Å². The van der Waals surface area contributed by atoms with E-state index >= 15 is 0 Å². The van der Waals surface area contributed by atoms with Gasteiger partial charge in [0.05, 0.1) is 13.7 Å². The first-order chi connectivity index (χ1) is 10.2. The highest BCUT2D eigenvalue weighted by Crippen LogP contribution is 2.33. The maximum atomic E-state index is 9.16. The molecule has 0 saturated heterocycles. The molecule has 0 aliphatic carbocycles. The summed E-state index contributed by atoms with van der Waals surface area (Å²) in [6.07, 6.45) is 0. The highest BCUT2D eigenvalue weighted by molar-refractivity contribution is 5.45. The molecule has 0 fully saturated rings. The lowest BCUT2D eigenvalue weighted by atomic mass is 10.1. The van der Waals surface area contributed by atoms with Crippen molar-refractivity contribution in [3.63, 3.8) is 0 Å². The Labute approximate surface area is 125 Å². The topological polar surface area (TPSA) is 50.7 Å². The number of rotatable bonds is 6. The molecular weight excluding hydrogens is 266 g/mol. The van der Waals surface area contributed by atoms with Crippen molar-refractivity contribution in [3.8, 4) is 17.2 Å². The molecule has 0 saturated carbocycles. The van der Waals surface area contributed by atoms with Crippen LogP contribution in [-0.2, 0) is 6.61 Å². The van der Waals surface area contributed by atoms with Crippen LogP contribution in [0.3, 0.4) is 0 Å². The number of hydrogen-bond acceptors (Lipinski definition) is 4. The fraction of sp³-hybridized carbons (Fsp3) is 0.294. The maximum Gasteiger partial charge on any atom is 0.169 e. The van der Waals surface area contributed by atoms with Gasteiger partial charge in [0.1, 0.15) is 5.75 Å². The molecule has 21 heavy (non-hydrogen) atoms. The average Bonchev–Trinajstić information content (AvgIpc) is 2.54. The molecule has 4 heteroatoms. The molecule has 2 N–H and O–H groups in total. The Morgan fingerprint density at radius 2 is 1.95 bits per heavy atom. The molecule has 0 amide bonds. The Bertz CT molecular complexity index is 598. The standard InChI is InChI=1S/C17H21NO3/c1-12(18-2)14-5-4-6-15(10-14)21-16-8-7-13(11-19)9-17(16)20-3/h4-10,12,18-19H,11H2,1-3H3. The maximum absolute atomic E-state index is 9.16. The number of ether oxygens (including phenoxy) is 2. The zero-order valence-electron chi connectivity index (χ0n) is 12.6. The highest BCUT2D eigenvalue weighted by atomic mass is 16.5. The molecule has 2 rings (SSSR count). The predicted molar refractivity (Wildman–Crippen MR) is 82.9 cm³/mol. The Hall–Kier alpha value is -2.04. The van der Waals surface area contributed by atoms with Crippen LogP contribution in [0.5, 0.6) is 17.2 Å². The molecule has 0 aliphatic heterocycles. The van der Waals surface area contributed by atoms with Crippen LogP contribution in [0.25, 0.3) is 0 Å². The van der Waals surface area contributed by atoms with Gasteiger partial charge in [-0.2, -0.15) is 0 Å². The van der Waals surface area contributed by atoms with Gasteiger partial charge in [-0.05, 0) is 49.4 Å². The molecule has 0 spiro atoms. The SMILES string of the molecule is CNC(C)c1cccc(Oc2ccc(CO)cc2OC)c1. The summed E-state index contributed by atoms with van der Waals surface area (Å²) in [5.74, 6) is 1.99. The summed E-state index contributed by atoms with van der Waals surface area (Å²) >= 11 is 0. The van der Waals surface area contributed by atoms with E-state index in [0.29, 0.717) is 11.5 Å². The third-order valence-corrected chi connectivity index (χ3v) is 3.43. The van der Waals surface area contributed by atoms with Gasteiger partial charge in [-0.15, -0.1) is 0 Å². The van der Waals surface area contributed by atoms with Crippen LogP contribution in [0.4, 0.5) is 0 Å². The minimum Gasteiger partial charge on any atom is -0.493 e. The van der Waals surface area contributed by atoms with E-state index in [1.807, 2.05) is 31.3 Å². The third kappa shape index (κ3) is 3.74. The number of benzene rings is 2. The van der Waals surface area contributed by atoms with Gasteiger partial charge in [0.2, 0.25) is 0 Å². The summed E-state index contributed by atoms with van der Waals surface area (Å²) in [4.78, 5) is 0. The summed E-state index contributed by atoms with van der Waals surface area (Å²) in [6.45, 7) is 2.07. The molecule has 112 valence electrons. The lowest BCUT2D eigenvalue weighted by molar-refractivity contribution is 0.280. The van der Waals surface area contributed by atoms with E-state index in [0.717, 1.165) is 16.9 Å². The average molecular weight is 287 g/mol. The van der Waals surface area contributed by atoms with Crippen LogP contribution in [-0.4, -0.2) is 19.3 Å². The second-order valence-corrected chi connectivity index (χ2v) is 4.83. The molecule has 0 aliphatic rings. The van der Waals surface area contributed by atoms with Gasteiger partial charge in [-0.25, -0.2) is 0 Å². The van der Waals surface area contributed by atoms with Gasteiger partial charge in [-0.1, -0.05) is 18.2 Å². The Morgan fingerprint density at radius 3 is 2.62 bits per heavy atom. The molecule has 1 atom stereocenters. The van der Waals surface area contributed by atoms with Crippen molar-refractivity contribution >= 4 is 0 Å². The highest BCUT2D eigenvalue weighted by Gasteiger charge is 2.09. The number of aliphatic hydroxyl groups excluding tert-OH is 1. The second kappa shape index (κ2) is 7.11. The molecule has 0 heterocycles. The number of aliphatic hydroxyl groups is 1. The minimum absolute atomic E-state index is 0.0220. The van der Waals surface area contributed by atoms with E-state index in [9.17, 15) is 0 Å². The van der Waals surface area contributed by atoms with Gasteiger partial charge in [-0.3, -0.25) is 0 Å². The normalized spacial score (nSPS) is 12.0. The Morgan fingerprint density at radius 1 is 1.14 bits per heavy atom. The molecule has 1 unspecified atom stereocenters. The molecule has 2 aromatic rings. The van der Waals surface area contributed by atoms with Crippen LogP contribution in [0.15, 0.2) is 42.5 Å².